The van der Waals surface area contributed by atoms with Crippen LogP contribution in [0.1, 0.15) is 65.7 Å². The van der Waals surface area contributed by atoms with Crippen LogP contribution in [0.25, 0.3) is 0 Å². The Labute approximate surface area is 187 Å². The molecule has 0 aromatic heterocycles. The Morgan fingerprint density at radius 2 is 1.60 bits per heavy atom. The summed E-state index contributed by atoms with van der Waals surface area (Å²) >= 11 is 0. The molecule has 0 N–H and O–H groups in total. The van der Waals surface area contributed by atoms with Crippen LogP contribution in [0.2, 0.25) is 37.8 Å². The van der Waals surface area contributed by atoms with Crippen LogP contribution < -0.4 is 0 Å². The lowest BCUT2D eigenvalue weighted by Crippen LogP contribution is -2.40. The highest BCUT2D eigenvalue weighted by Crippen LogP contribution is 2.36. The minimum absolute atomic E-state index is 0.0284. The fourth-order valence-electron chi connectivity index (χ4n) is 2.75. The highest BCUT2D eigenvalue weighted by molar-refractivity contribution is 6.84. The average molecular weight is 441 g/mol. The summed E-state index contributed by atoms with van der Waals surface area (Å²) in [6, 6.07) is 0. The quantitative estimate of drug-likeness (QED) is 0.283. The minimum atomic E-state index is -1.71. The Morgan fingerprint density at radius 3 is 2.20 bits per heavy atom. The second kappa shape index (κ2) is 11.8. The van der Waals surface area contributed by atoms with Crippen molar-refractivity contribution in [3.63, 3.8) is 0 Å². The van der Waals surface area contributed by atoms with Crippen LogP contribution in [0, 0.1) is 35.1 Å². The fraction of sp³-hybridized carbons (Fsp3) is 0.654. The molecule has 0 aromatic carbocycles. The van der Waals surface area contributed by atoms with Crippen LogP contribution in [-0.4, -0.2) is 28.8 Å². The molecule has 0 spiro atoms. The Morgan fingerprint density at radius 1 is 0.967 bits per heavy atom. The molecule has 0 radical (unpaired) electrons. The molecule has 0 saturated carbocycles. The predicted molar refractivity (Wildman–Crippen MR) is 134 cm³/mol. The van der Waals surface area contributed by atoms with Gasteiger partial charge in [-0.2, -0.15) is 0 Å². The zero-order valence-electron chi connectivity index (χ0n) is 20.5. The third kappa shape index (κ3) is 9.99. The summed E-state index contributed by atoms with van der Waals surface area (Å²) in [5, 5.41) is 0.215. The number of ketones is 1. The highest BCUT2D eigenvalue weighted by Gasteiger charge is 2.36. The summed E-state index contributed by atoms with van der Waals surface area (Å²) in [7, 11) is -3.28. The van der Waals surface area contributed by atoms with Gasteiger partial charge in [-0.3, -0.25) is 4.79 Å². The van der Waals surface area contributed by atoms with Gasteiger partial charge in [0.2, 0.25) is 5.78 Å². The molecule has 4 heteroatoms. The number of carbonyl (C=O) groups excluding carboxylic acids is 1. The molecule has 164 valence electrons. The summed E-state index contributed by atoms with van der Waals surface area (Å²) in [6.45, 7) is 18.4. The van der Waals surface area contributed by atoms with E-state index in [0.29, 0.717) is 13.0 Å². The largest absolute Gasteiger partial charge is 0.416 e. The average Bonchev–Trinajstić information content (AvgIpc) is 2.59. The second-order valence-electron chi connectivity index (χ2n) is 10.6. The third-order valence-corrected chi connectivity index (χ3v) is 11.1. The van der Waals surface area contributed by atoms with E-state index < -0.39 is 16.4 Å². The van der Waals surface area contributed by atoms with Gasteiger partial charge in [-0.1, -0.05) is 65.1 Å². The topological polar surface area (TPSA) is 26.3 Å². The standard InChI is InChI=1S/C26H40O2Si2/c1-26(2,3)30(7,8)28-21-16-12-11-14-18-23-17-13-9-10-15-19-24(23)25(27)20-22-29(4,5)6/h9-10,13,15-17,19,21H2,1-8H3/b24-23-. The van der Waals surface area contributed by atoms with E-state index in [1.807, 2.05) is 0 Å². The van der Waals surface area contributed by atoms with Crippen molar-refractivity contribution in [2.45, 2.75) is 103 Å². The Hall–Kier alpha value is -1.52. The van der Waals surface area contributed by atoms with Crippen LogP contribution in [0.15, 0.2) is 11.1 Å². The lowest BCUT2D eigenvalue weighted by molar-refractivity contribution is -0.110. The molecule has 0 saturated heterocycles. The molecular formula is C26H40O2Si2. The molecule has 30 heavy (non-hydrogen) atoms. The summed E-state index contributed by atoms with van der Waals surface area (Å²) in [6.07, 6.45) is 6.83. The van der Waals surface area contributed by atoms with Gasteiger partial charge in [0.1, 0.15) is 8.07 Å². The zero-order chi connectivity index (χ0) is 22.8. The molecule has 2 nitrogen and oxygen atoms in total. The minimum Gasteiger partial charge on any atom is -0.416 e. The fourth-order valence-corrected chi connectivity index (χ4v) is 4.29. The maximum atomic E-state index is 12.7. The van der Waals surface area contributed by atoms with Crippen molar-refractivity contribution in [3.8, 4) is 35.1 Å². The van der Waals surface area contributed by atoms with Gasteiger partial charge in [-0.25, -0.2) is 0 Å². The van der Waals surface area contributed by atoms with Gasteiger partial charge < -0.3 is 4.43 Å². The molecule has 1 aliphatic rings. The lowest BCUT2D eigenvalue weighted by Gasteiger charge is -2.35. The maximum absolute atomic E-state index is 12.7. The first-order chi connectivity index (χ1) is 13.8. The van der Waals surface area contributed by atoms with Crippen molar-refractivity contribution in [2.24, 2.45) is 0 Å². The molecule has 0 unspecified atom stereocenters. The van der Waals surface area contributed by atoms with E-state index in [2.05, 4.69) is 88.7 Å². The monoisotopic (exact) mass is 440 g/mol. The van der Waals surface area contributed by atoms with Gasteiger partial charge in [0.15, 0.2) is 8.32 Å². The number of rotatable bonds is 4. The van der Waals surface area contributed by atoms with E-state index in [4.69, 9.17) is 4.43 Å². The normalized spacial score (nSPS) is 17.9. The number of Topliss-reactive ketones (excluding diaryl/α,β-unsaturated/α-hetero) is 1. The van der Waals surface area contributed by atoms with E-state index in [0.717, 1.165) is 36.8 Å². The van der Waals surface area contributed by atoms with Crippen molar-refractivity contribution in [3.05, 3.63) is 11.1 Å². The Bertz CT molecular complexity index is 816. The van der Waals surface area contributed by atoms with Gasteiger partial charge in [0.05, 0.1) is 0 Å². The van der Waals surface area contributed by atoms with Gasteiger partial charge in [-0.15, -0.1) is 5.54 Å². The molecular weight excluding hydrogens is 400 g/mol. The summed E-state index contributed by atoms with van der Waals surface area (Å²) < 4.78 is 6.15. The molecule has 1 aliphatic carbocycles. The van der Waals surface area contributed by atoms with Crippen LogP contribution in [0.5, 0.6) is 0 Å². The molecule has 1 rings (SSSR count). The number of allylic oxidation sites excluding steroid dienone is 2. The molecule has 0 aromatic rings. The van der Waals surface area contributed by atoms with E-state index in [1.54, 1.807) is 0 Å². The Balaban J connectivity index is 2.86. The van der Waals surface area contributed by atoms with Gasteiger partial charge in [-0.05, 0) is 61.6 Å². The molecule has 0 amide bonds. The maximum Gasteiger partial charge on any atom is 0.232 e. The van der Waals surface area contributed by atoms with Crippen molar-refractivity contribution < 1.29 is 9.22 Å². The van der Waals surface area contributed by atoms with Crippen molar-refractivity contribution in [1.82, 2.24) is 0 Å². The lowest BCUT2D eigenvalue weighted by atomic mass is 9.91. The third-order valence-electron chi connectivity index (χ3n) is 5.65. The first-order valence-electron chi connectivity index (χ1n) is 11.3. The summed E-state index contributed by atoms with van der Waals surface area (Å²) in [4.78, 5) is 12.7. The molecule has 0 fully saturated rings. The predicted octanol–water partition coefficient (Wildman–Crippen LogP) is 6.51. The Kier molecular flexibility index (Phi) is 10.4. The van der Waals surface area contributed by atoms with Crippen LogP contribution >= 0.6 is 0 Å². The van der Waals surface area contributed by atoms with E-state index >= 15 is 0 Å². The van der Waals surface area contributed by atoms with Crippen LogP contribution in [0.3, 0.4) is 0 Å². The first kappa shape index (κ1) is 26.5. The number of carbonyl (C=O) groups is 1. The first-order valence-corrected chi connectivity index (χ1v) is 17.7. The SMILES string of the molecule is CC(C)(C)[Si](C)(C)OCCC#CC#C/C1=C(\C(=O)C#C[Si](C)(C)C)CCCCCC1. The van der Waals surface area contributed by atoms with E-state index in [9.17, 15) is 4.79 Å². The van der Waals surface area contributed by atoms with Crippen molar-refractivity contribution in [1.29, 1.82) is 0 Å². The van der Waals surface area contributed by atoms with Gasteiger partial charge in [0, 0.05) is 24.2 Å². The van der Waals surface area contributed by atoms with E-state index in [-0.39, 0.29) is 10.8 Å². The molecule has 0 bridgehead atoms. The second-order valence-corrected chi connectivity index (χ2v) is 20.2. The molecule has 0 atom stereocenters. The zero-order valence-corrected chi connectivity index (χ0v) is 22.5. The van der Waals surface area contributed by atoms with Crippen LogP contribution in [-0.2, 0) is 9.22 Å². The smallest absolute Gasteiger partial charge is 0.232 e. The summed E-state index contributed by atoms with van der Waals surface area (Å²) in [5.41, 5.74) is 4.99. The van der Waals surface area contributed by atoms with Crippen LogP contribution in [0.4, 0.5) is 0 Å². The molecule has 0 aliphatic heterocycles. The summed E-state index contributed by atoms with van der Waals surface area (Å²) in [5.74, 6) is 15.1. The number of hydrogen-bond donors (Lipinski definition) is 0. The highest BCUT2D eigenvalue weighted by atomic mass is 28.4. The van der Waals surface area contributed by atoms with Gasteiger partial charge in [0.25, 0.3) is 0 Å². The molecule has 0 heterocycles. The van der Waals surface area contributed by atoms with Gasteiger partial charge >= 0.3 is 0 Å². The number of hydrogen-bond acceptors (Lipinski definition) is 2. The van der Waals surface area contributed by atoms with E-state index in [1.165, 1.54) is 12.8 Å². The van der Waals surface area contributed by atoms with Crippen molar-refractivity contribution in [2.75, 3.05) is 6.61 Å². The van der Waals surface area contributed by atoms with Crippen molar-refractivity contribution >= 4 is 22.2 Å².